The normalized spacial score (nSPS) is 26.0. The molecule has 20 heavy (non-hydrogen) atoms. The highest BCUT2D eigenvalue weighted by atomic mass is 19.1. The third-order valence-electron chi connectivity index (χ3n) is 4.02. The van der Waals surface area contributed by atoms with E-state index in [4.69, 9.17) is 10.00 Å². The first-order chi connectivity index (χ1) is 9.74. The maximum absolute atomic E-state index is 13.3. The van der Waals surface area contributed by atoms with Gasteiger partial charge in [0.25, 0.3) is 0 Å². The quantitative estimate of drug-likeness (QED) is 0.916. The van der Waals surface area contributed by atoms with Crippen molar-refractivity contribution in [3.63, 3.8) is 0 Å². The number of rotatable bonds is 3. The van der Waals surface area contributed by atoms with Crippen molar-refractivity contribution >= 4 is 5.69 Å². The maximum Gasteiger partial charge on any atom is 0.126 e. The third-order valence-corrected chi connectivity index (χ3v) is 4.02. The number of hydrogen-bond acceptors (Lipinski definition) is 4. The first-order valence-electron chi connectivity index (χ1n) is 7.05. The Bertz CT molecular complexity index is 528. The Morgan fingerprint density at radius 2 is 2.35 bits per heavy atom. The Balaban J connectivity index is 1.57. The molecular weight excluding hydrogens is 257 g/mol. The minimum atomic E-state index is -0.393. The van der Waals surface area contributed by atoms with Gasteiger partial charge in [0.15, 0.2) is 0 Å². The Morgan fingerprint density at radius 3 is 3.20 bits per heavy atom. The molecule has 0 saturated carbocycles. The molecule has 2 aliphatic heterocycles. The number of nitrogens with zero attached hydrogens (tertiary/aromatic N) is 2. The summed E-state index contributed by atoms with van der Waals surface area (Å²) in [5.74, 6) is -0.393. The van der Waals surface area contributed by atoms with Gasteiger partial charge in [-0.2, -0.15) is 5.26 Å². The molecule has 0 aliphatic carbocycles. The van der Waals surface area contributed by atoms with Gasteiger partial charge >= 0.3 is 0 Å². The molecule has 1 aromatic carbocycles. The van der Waals surface area contributed by atoms with Gasteiger partial charge in [0.05, 0.1) is 24.3 Å². The Morgan fingerprint density at radius 1 is 1.45 bits per heavy atom. The number of ether oxygens (including phenoxy) is 1. The number of morpholine rings is 1. The summed E-state index contributed by atoms with van der Waals surface area (Å²) in [5.41, 5.74) is 0.963. The van der Waals surface area contributed by atoms with Crippen LogP contribution in [0.1, 0.15) is 18.4 Å². The number of nitrogens with one attached hydrogen (secondary N) is 1. The number of anilines is 1. The monoisotopic (exact) mass is 275 g/mol. The van der Waals surface area contributed by atoms with Crippen molar-refractivity contribution in [3.05, 3.63) is 29.6 Å². The van der Waals surface area contributed by atoms with Crippen molar-refractivity contribution in [1.29, 1.82) is 5.26 Å². The minimum absolute atomic E-state index is 0.123. The standard InChI is InChI=1S/C15H18FN3O/c16-12-4-11(7-17)5-13(6-12)18-8-15-9-19-3-1-2-14(19)10-20-15/h4-6,14-15,18H,1-3,8-10H2. The van der Waals surface area contributed by atoms with Crippen molar-refractivity contribution in [3.8, 4) is 6.07 Å². The van der Waals surface area contributed by atoms with Crippen LogP contribution in [0.15, 0.2) is 18.2 Å². The van der Waals surface area contributed by atoms with Gasteiger partial charge in [0.2, 0.25) is 0 Å². The second kappa shape index (κ2) is 5.78. The van der Waals surface area contributed by atoms with Gasteiger partial charge in [-0.05, 0) is 37.6 Å². The lowest BCUT2D eigenvalue weighted by atomic mass is 10.1. The van der Waals surface area contributed by atoms with E-state index in [1.807, 2.05) is 6.07 Å². The highest BCUT2D eigenvalue weighted by molar-refractivity contribution is 5.49. The summed E-state index contributed by atoms with van der Waals surface area (Å²) in [7, 11) is 0. The van der Waals surface area contributed by atoms with Gasteiger partial charge in [-0.3, -0.25) is 4.90 Å². The average Bonchev–Trinajstić information content (AvgIpc) is 2.92. The molecule has 3 rings (SSSR count). The van der Waals surface area contributed by atoms with Gasteiger partial charge in [-0.1, -0.05) is 0 Å². The van der Waals surface area contributed by atoms with Crippen LogP contribution in [0.25, 0.3) is 0 Å². The van der Waals surface area contributed by atoms with Crippen molar-refractivity contribution in [2.45, 2.75) is 25.0 Å². The first kappa shape index (κ1) is 13.3. The largest absolute Gasteiger partial charge is 0.382 e. The van der Waals surface area contributed by atoms with E-state index >= 15 is 0 Å². The molecule has 2 aliphatic rings. The second-order valence-corrected chi connectivity index (χ2v) is 5.47. The predicted octanol–water partition coefficient (Wildman–Crippen LogP) is 1.97. The molecule has 0 bridgehead atoms. The van der Waals surface area contributed by atoms with Crippen LogP contribution >= 0.6 is 0 Å². The van der Waals surface area contributed by atoms with E-state index in [0.29, 0.717) is 23.8 Å². The molecule has 2 atom stereocenters. The number of nitriles is 1. The molecule has 5 heteroatoms. The molecule has 2 saturated heterocycles. The molecule has 0 amide bonds. The molecule has 2 heterocycles. The van der Waals surface area contributed by atoms with Crippen molar-refractivity contribution < 1.29 is 9.13 Å². The zero-order valence-corrected chi connectivity index (χ0v) is 11.3. The number of benzene rings is 1. The summed E-state index contributed by atoms with van der Waals surface area (Å²) in [6, 6.07) is 6.84. The van der Waals surface area contributed by atoms with Crippen LogP contribution in [0.2, 0.25) is 0 Å². The number of fused-ring (bicyclic) bond motifs is 1. The van der Waals surface area contributed by atoms with Gasteiger partial charge in [-0.15, -0.1) is 0 Å². The zero-order chi connectivity index (χ0) is 13.9. The fraction of sp³-hybridized carbons (Fsp3) is 0.533. The summed E-state index contributed by atoms with van der Waals surface area (Å²) < 4.78 is 19.2. The van der Waals surface area contributed by atoms with Crippen LogP contribution in [-0.2, 0) is 4.74 Å². The molecule has 0 radical (unpaired) electrons. The van der Waals surface area contributed by atoms with Gasteiger partial charge < -0.3 is 10.1 Å². The van der Waals surface area contributed by atoms with E-state index in [2.05, 4.69) is 10.2 Å². The molecule has 2 unspecified atom stereocenters. The summed E-state index contributed by atoms with van der Waals surface area (Å²) in [6.07, 6.45) is 2.61. The zero-order valence-electron chi connectivity index (χ0n) is 11.3. The van der Waals surface area contributed by atoms with Crippen LogP contribution in [0.5, 0.6) is 0 Å². The maximum atomic E-state index is 13.3. The number of halogens is 1. The molecule has 106 valence electrons. The van der Waals surface area contributed by atoms with Crippen molar-refractivity contribution in [2.24, 2.45) is 0 Å². The smallest absolute Gasteiger partial charge is 0.126 e. The first-order valence-corrected chi connectivity index (χ1v) is 7.05. The lowest BCUT2D eigenvalue weighted by Gasteiger charge is -2.35. The molecule has 2 fully saturated rings. The minimum Gasteiger partial charge on any atom is -0.382 e. The Hall–Kier alpha value is -1.64. The average molecular weight is 275 g/mol. The molecule has 0 aromatic heterocycles. The molecule has 0 spiro atoms. The summed E-state index contributed by atoms with van der Waals surface area (Å²) >= 11 is 0. The Kier molecular flexibility index (Phi) is 3.86. The van der Waals surface area contributed by atoms with E-state index < -0.39 is 5.82 Å². The van der Waals surface area contributed by atoms with E-state index in [-0.39, 0.29) is 6.10 Å². The Labute approximate surface area is 118 Å². The third kappa shape index (κ3) is 2.92. The summed E-state index contributed by atoms with van der Waals surface area (Å²) in [5, 5.41) is 12.0. The molecule has 1 aromatic rings. The highest BCUT2D eigenvalue weighted by Crippen LogP contribution is 2.23. The van der Waals surface area contributed by atoms with Crippen LogP contribution in [-0.4, -0.2) is 43.3 Å². The fourth-order valence-electron chi connectivity index (χ4n) is 3.00. The van der Waals surface area contributed by atoms with Crippen LogP contribution in [0.4, 0.5) is 10.1 Å². The fourth-order valence-corrected chi connectivity index (χ4v) is 3.00. The summed E-state index contributed by atoms with van der Waals surface area (Å²) in [6.45, 7) is 3.51. The predicted molar refractivity (Wildman–Crippen MR) is 73.9 cm³/mol. The highest BCUT2D eigenvalue weighted by Gasteiger charge is 2.31. The van der Waals surface area contributed by atoms with Crippen LogP contribution in [0.3, 0.4) is 0 Å². The van der Waals surface area contributed by atoms with Crippen molar-refractivity contribution in [1.82, 2.24) is 4.90 Å². The number of hydrogen-bond donors (Lipinski definition) is 1. The second-order valence-electron chi connectivity index (χ2n) is 5.47. The SMILES string of the molecule is N#Cc1cc(F)cc(NCC2CN3CCCC3CO2)c1. The lowest BCUT2D eigenvalue weighted by Crippen LogP contribution is -2.48. The molecule has 4 nitrogen and oxygen atoms in total. The lowest BCUT2D eigenvalue weighted by molar-refractivity contribution is -0.0415. The topological polar surface area (TPSA) is 48.3 Å². The molecule has 1 N–H and O–H groups in total. The van der Waals surface area contributed by atoms with Crippen LogP contribution < -0.4 is 5.32 Å². The van der Waals surface area contributed by atoms with Crippen molar-refractivity contribution in [2.75, 3.05) is 31.6 Å². The molecular formula is C15H18FN3O. The van der Waals surface area contributed by atoms with Gasteiger partial charge in [-0.25, -0.2) is 4.39 Å². The van der Waals surface area contributed by atoms with E-state index in [1.54, 1.807) is 6.07 Å². The van der Waals surface area contributed by atoms with Gasteiger partial charge in [0.1, 0.15) is 5.82 Å². The van der Waals surface area contributed by atoms with E-state index in [1.165, 1.54) is 25.0 Å². The van der Waals surface area contributed by atoms with Crippen LogP contribution in [0, 0.1) is 17.1 Å². The van der Waals surface area contributed by atoms with E-state index in [9.17, 15) is 4.39 Å². The van der Waals surface area contributed by atoms with Gasteiger partial charge in [0, 0.05) is 24.8 Å². The van der Waals surface area contributed by atoms with E-state index in [0.717, 1.165) is 19.7 Å². The summed E-state index contributed by atoms with van der Waals surface area (Å²) in [4.78, 5) is 2.47.